The Labute approximate surface area is 162 Å². The van der Waals surface area contributed by atoms with E-state index in [0.29, 0.717) is 5.02 Å². The molecular formula is C20H35ClN2OSn. The van der Waals surface area contributed by atoms with Crippen molar-refractivity contribution < 1.29 is 0 Å². The summed E-state index contributed by atoms with van der Waals surface area (Å²) in [6, 6.07) is 0.0136. The molecule has 0 aliphatic rings. The Balaban J connectivity index is 3.04. The van der Waals surface area contributed by atoms with Crippen LogP contribution >= 0.6 is 11.6 Å². The van der Waals surface area contributed by atoms with Gasteiger partial charge in [-0.25, -0.2) is 0 Å². The van der Waals surface area contributed by atoms with Gasteiger partial charge in [0.1, 0.15) is 0 Å². The van der Waals surface area contributed by atoms with E-state index >= 15 is 0 Å². The van der Waals surface area contributed by atoms with Gasteiger partial charge in [-0.15, -0.1) is 0 Å². The van der Waals surface area contributed by atoms with Crippen LogP contribution in [0.25, 0.3) is 0 Å². The minimum absolute atomic E-state index is 0.0136. The van der Waals surface area contributed by atoms with E-state index in [2.05, 4.69) is 42.8 Å². The van der Waals surface area contributed by atoms with E-state index in [4.69, 9.17) is 11.6 Å². The fourth-order valence-corrected chi connectivity index (χ4v) is 18.1. The van der Waals surface area contributed by atoms with Crippen molar-refractivity contribution in [3.8, 4) is 0 Å². The Bertz CT molecular complexity index is 564. The van der Waals surface area contributed by atoms with Gasteiger partial charge >= 0.3 is 163 Å². The first-order valence-corrected chi connectivity index (χ1v) is 18.0. The van der Waals surface area contributed by atoms with Crippen LogP contribution in [0.1, 0.15) is 72.3 Å². The number of nitrogens with zero attached hydrogens (tertiary/aromatic N) is 2. The zero-order valence-electron chi connectivity index (χ0n) is 16.4. The van der Waals surface area contributed by atoms with Crippen molar-refractivity contribution in [1.82, 2.24) is 9.55 Å². The Morgan fingerprint density at radius 1 is 1.12 bits per heavy atom. The van der Waals surface area contributed by atoms with E-state index < -0.39 is 18.4 Å². The van der Waals surface area contributed by atoms with Crippen LogP contribution < -0.4 is 5.69 Å². The zero-order valence-corrected chi connectivity index (χ0v) is 20.0. The van der Waals surface area contributed by atoms with Crippen molar-refractivity contribution in [1.29, 1.82) is 0 Å². The number of rotatable bonds is 12. The standard InChI is InChI=1S/C8H8ClN2O.3C4H9.Sn/c1-3-6(2)11-5-7(9)4-10-8(11)12;3*1-3-4-2;/h1,3-6H,2H3;3*1,3-4H2,2H3;. The molecule has 3 nitrogen and oxygen atoms in total. The van der Waals surface area contributed by atoms with Crippen LogP contribution in [0.2, 0.25) is 18.3 Å². The molecule has 142 valence electrons. The van der Waals surface area contributed by atoms with Gasteiger partial charge in [-0.3, -0.25) is 0 Å². The Morgan fingerprint density at radius 2 is 1.64 bits per heavy atom. The first-order chi connectivity index (χ1) is 12.0. The summed E-state index contributed by atoms with van der Waals surface area (Å²) < 4.78 is 8.58. The maximum absolute atomic E-state index is 12.0. The molecule has 0 bridgehead atoms. The summed E-state index contributed by atoms with van der Waals surface area (Å²) in [5.74, 6) is 0. The van der Waals surface area contributed by atoms with E-state index in [1.54, 1.807) is 10.8 Å². The molecule has 1 rings (SSSR count). The van der Waals surface area contributed by atoms with Crippen LogP contribution in [0.3, 0.4) is 0 Å². The van der Waals surface area contributed by atoms with Crippen molar-refractivity contribution in [3.63, 3.8) is 0 Å². The van der Waals surface area contributed by atoms with Crippen molar-refractivity contribution in [2.24, 2.45) is 0 Å². The fraction of sp³-hybridized carbons (Fsp3) is 0.700. The van der Waals surface area contributed by atoms with Gasteiger partial charge in [-0.2, -0.15) is 0 Å². The average molecular weight is 474 g/mol. The number of hydrogen-bond donors (Lipinski definition) is 0. The summed E-state index contributed by atoms with van der Waals surface area (Å²) >= 11 is 3.72. The summed E-state index contributed by atoms with van der Waals surface area (Å²) in [7, 11) is 0. The van der Waals surface area contributed by atoms with Crippen LogP contribution in [0.15, 0.2) is 27.4 Å². The monoisotopic (exact) mass is 474 g/mol. The number of aromatic nitrogens is 2. The molecule has 0 aliphatic carbocycles. The van der Waals surface area contributed by atoms with E-state index in [-0.39, 0.29) is 11.7 Å². The number of halogens is 1. The molecule has 1 unspecified atom stereocenters. The number of unbranched alkanes of at least 4 members (excludes halogenated alkanes) is 3. The minimum atomic E-state index is -2.30. The van der Waals surface area contributed by atoms with Crippen molar-refractivity contribution in [3.05, 3.63) is 38.1 Å². The third kappa shape index (κ3) is 7.86. The average Bonchev–Trinajstić information content (AvgIpc) is 2.62. The number of hydrogen-bond acceptors (Lipinski definition) is 2. The van der Waals surface area contributed by atoms with Crippen LogP contribution in [0.5, 0.6) is 0 Å². The molecule has 0 N–H and O–H groups in total. The molecule has 0 aliphatic heterocycles. The van der Waals surface area contributed by atoms with Crippen LogP contribution in [-0.4, -0.2) is 27.9 Å². The molecule has 5 heteroatoms. The van der Waals surface area contributed by atoms with Gasteiger partial charge in [0.2, 0.25) is 0 Å². The second-order valence-corrected chi connectivity index (χ2v) is 20.7. The molecule has 0 spiro atoms. The third-order valence-corrected chi connectivity index (χ3v) is 19.3. The van der Waals surface area contributed by atoms with Crippen LogP contribution in [0.4, 0.5) is 0 Å². The SMILES string of the molecule is CCC[CH2][Sn](/[CH]=C/C(C)n1cc(Cl)cnc1=O)([CH2]CCC)[CH2]CCC. The van der Waals surface area contributed by atoms with Crippen LogP contribution in [0, 0.1) is 0 Å². The van der Waals surface area contributed by atoms with E-state index in [1.165, 1.54) is 58.0 Å². The van der Waals surface area contributed by atoms with Crippen molar-refractivity contribution >= 4 is 30.0 Å². The Kier molecular flexibility index (Phi) is 11.1. The molecule has 1 atom stereocenters. The Hall–Kier alpha value is -0.291. The zero-order chi connectivity index (χ0) is 18.7. The van der Waals surface area contributed by atoms with Gasteiger partial charge in [-0.05, 0) is 0 Å². The predicted octanol–water partition coefficient (Wildman–Crippen LogP) is 6.40. The summed E-state index contributed by atoms with van der Waals surface area (Å²) in [6.07, 6.45) is 13.3. The predicted molar refractivity (Wildman–Crippen MR) is 112 cm³/mol. The topological polar surface area (TPSA) is 34.9 Å². The van der Waals surface area contributed by atoms with E-state index in [9.17, 15) is 4.79 Å². The quantitative estimate of drug-likeness (QED) is 0.329. The van der Waals surface area contributed by atoms with Gasteiger partial charge in [0.05, 0.1) is 0 Å². The van der Waals surface area contributed by atoms with Crippen molar-refractivity contribution in [2.45, 2.75) is 85.6 Å². The molecule has 25 heavy (non-hydrogen) atoms. The Morgan fingerprint density at radius 3 is 2.12 bits per heavy atom. The van der Waals surface area contributed by atoms with Crippen LogP contribution in [-0.2, 0) is 0 Å². The molecule has 0 amide bonds. The maximum atomic E-state index is 12.0. The molecule has 1 aromatic rings. The van der Waals surface area contributed by atoms with E-state index in [0.717, 1.165) is 0 Å². The summed E-state index contributed by atoms with van der Waals surface area (Å²) in [5, 5.41) is 0.512. The molecule has 0 saturated carbocycles. The summed E-state index contributed by atoms with van der Waals surface area (Å²) in [6.45, 7) is 8.94. The van der Waals surface area contributed by atoms with Crippen molar-refractivity contribution in [2.75, 3.05) is 0 Å². The molecule has 0 radical (unpaired) electrons. The van der Waals surface area contributed by atoms with E-state index in [1.807, 2.05) is 0 Å². The van der Waals surface area contributed by atoms with Gasteiger partial charge in [0.25, 0.3) is 0 Å². The van der Waals surface area contributed by atoms with Gasteiger partial charge in [0, 0.05) is 0 Å². The first-order valence-electron chi connectivity index (χ1n) is 9.91. The van der Waals surface area contributed by atoms with Gasteiger partial charge < -0.3 is 0 Å². The molecular weight excluding hydrogens is 438 g/mol. The fourth-order valence-electron chi connectivity index (χ4n) is 3.34. The molecule has 1 heterocycles. The number of allylic oxidation sites excluding steroid dienone is 1. The van der Waals surface area contributed by atoms with Gasteiger partial charge in [-0.1, -0.05) is 0 Å². The second kappa shape index (κ2) is 12.2. The molecule has 0 aromatic carbocycles. The second-order valence-electron chi connectivity index (χ2n) is 7.23. The third-order valence-electron chi connectivity index (χ3n) is 5.03. The summed E-state index contributed by atoms with van der Waals surface area (Å²) in [5.41, 5.74) is -0.224. The van der Waals surface area contributed by atoms with Gasteiger partial charge in [0.15, 0.2) is 0 Å². The molecule has 0 fully saturated rings. The summed E-state index contributed by atoms with van der Waals surface area (Å²) in [4.78, 5) is 15.9. The first kappa shape index (κ1) is 22.7. The molecule has 0 saturated heterocycles. The normalized spacial score (nSPS) is 13.5. The molecule has 1 aromatic heterocycles.